The van der Waals surface area contributed by atoms with E-state index in [0.29, 0.717) is 13.0 Å². The lowest BCUT2D eigenvalue weighted by atomic mass is 10.1. The van der Waals surface area contributed by atoms with Crippen LogP contribution < -0.4 is 5.32 Å². The number of aliphatic carboxylic acids is 1. The van der Waals surface area contributed by atoms with Crippen molar-refractivity contribution in [1.82, 2.24) is 10.2 Å². The molecular formula is C14H20N2O3. The van der Waals surface area contributed by atoms with E-state index < -0.39 is 12.0 Å². The molecule has 0 aliphatic heterocycles. The van der Waals surface area contributed by atoms with Gasteiger partial charge in [0.1, 0.15) is 6.04 Å². The van der Waals surface area contributed by atoms with Gasteiger partial charge in [0, 0.05) is 13.6 Å². The van der Waals surface area contributed by atoms with Crippen LogP contribution in [0.1, 0.15) is 24.5 Å². The molecule has 0 saturated carbocycles. The molecule has 0 aromatic heterocycles. The molecule has 2 amide bonds. The summed E-state index contributed by atoms with van der Waals surface area (Å²) >= 11 is 0. The van der Waals surface area contributed by atoms with Gasteiger partial charge in [-0.15, -0.1) is 0 Å². The fourth-order valence-electron chi connectivity index (χ4n) is 1.71. The van der Waals surface area contributed by atoms with E-state index in [-0.39, 0.29) is 6.03 Å². The second-order valence-corrected chi connectivity index (χ2v) is 4.53. The van der Waals surface area contributed by atoms with Crippen LogP contribution in [0.3, 0.4) is 0 Å². The van der Waals surface area contributed by atoms with Gasteiger partial charge in [0.05, 0.1) is 0 Å². The second kappa shape index (κ2) is 6.78. The largest absolute Gasteiger partial charge is 0.480 e. The van der Waals surface area contributed by atoms with Crippen LogP contribution in [0.4, 0.5) is 4.79 Å². The number of nitrogens with zero attached hydrogens (tertiary/aromatic N) is 1. The summed E-state index contributed by atoms with van der Waals surface area (Å²) in [6, 6.07) is 6.57. The number of nitrogens with one attached hydrogen (secondary N) is 1. The number of carboxylic acids is 1. The molecule has 0 radical (unpaired) electrons. The van der Waals surface area contributed by atoms with Crippen LogP contribution in [0.5, 0.6) is 0 Å². The molecule has 5 nitrogen and oxygen atoms in total. The topological polar surface area (TPSA) is 69.6 Å². The van der Waals surface area contributed by atoms with Crippen molar-refractivity contribution in [3.05, 3.63) is 35.4 Å². The maximum Gasteiger partial charge on any atom is 0.326 e. The zero-order valence-electron chi connectivity index (χ0n) is 11.5. The van der Waals surface area contributed by atoms with E-state index in [2.05, 4.69) is 5.32 Å². The summed E-state index contributed by atoms with van der Waals surface area (Å²) in [7, 11) is 1.65. The Labute approximate surface area is 113 Å². The molecule has 2 N–H and O–H groups in total. The van der Waals surface area contributed by atoms with Crippen LogP contribution >= 0.6 is 0 Å². The minimum atomic E-state index is -1.01. The highest BCUT2D eigenvalue weighted by atomic mass is 16.4. The van der Waals surface area contributed by atoms with Crippen molar-refractivity contribution in [1.29, 1.82) is 0 Å². The number of hydrogen-bond acceptors (Lipinski definition) is 2. The first-order valence-electron chi connectivity index (χ1n) is 6.24. The molecule has 0 aliphatic carbocycles. The molecule has 0 spiro atoms. The number of carbonyl (C=O) groups is 2. The Morgan fingerprint density at radius 1 is 1.37 bits per heavy atom. The summed E-state index contributed by atoms with van der Waals surface area (Å²) in [6.45, 7) is 4.15. The van der Waals surface area contributed by atoms with E-state index in [1.165, 1.54) is 4.90 Å². The van der Waals surface area contributed by atoms with Gasteiger partial charge in [0.15, 0.2) is 0 Å². The number of urea groups is 1. The average molecular weight is 264 g/mol. The van der Waals surface area contributed by atoms with Gasteiger partial charge in [-0.2, -0.15) is 0 Å². The van der Waals surface area contributed by atoms with Gasteiger partial charge in [-0.3, -0.25) is 0 Å². The first kappa shape index (κ1) is 15.0. The van der Waals surface area contributed by atoms with Gasteiger partial charge in [-0.1, -0.05) is 31.2 Å². The summed E-state index contributed by atoms with van der Waals surface area (Å²) in [5.74, 6) is -1.01. The molecular weight excluding hydrogens is 244 g/mol. The first-order chi connectivity index (χ1) is 8.95. The third kappa shape index (κ3) is 4.28. The number of benzene rings is 1. The SMILES string of the molecule is CC[C@@H](NC(=O)N(C)Cc1ccccc1C)C(=O)O. The number of amides is 2. The van der Waals surface area contributed by atoms with Crippen LogP contribution in [-0.4, -0.2) is 35.1 Å². The number of carbonyl (C=O) groups excluding carboxylic acids is 1. The predicted molar refractivity (Wildman–Crippen MR) is 72.9 cm³/mol. The number of hydrogen-bond donors (Lipinski definition) is 2. The van der Waals surface area contributed by atoms with Crippen molar-refractivity contribution < 1.29 is 14.7 Å². The maximum absolute atomic E-state index is 11.9. The van der Waals surface area contributed by atoms with E-state index in [0.717, 1.165) is 11.1 Å². The van der Waals surface area contributed by atoms with Crippen LogP contribution in [-0.2, 0) is 11.3 Å². The zero-order chi connectivity index (χ0) is 14.4. The number of rotatable bonds is 5. The third-order valence-electron chi connectivity index (χ3n) is 3.02. The van der Waals surface area contributed by atoms with E-state index in [1.807, 2.05) is 31.2 Å². The minimum absolute atomic E-state index is 0.360. The fraction of sp³-hybridized carbons (Fsp3) is 0.429. The van der Waals surface area contributed by atoms with Gasteiger partial charge in [0.25, 0.3) is 0 Å². The predicted octanol–water partition coefficient (Wildman–Crippen LogP) is 2.00. The standard InChI is InChI=1S/C14H20N2O3/c1-4-12(13(17)18)15-14(19)16(3)9-11-8-6-5-7-10(11)2/h5-8,12H,4,9H2,1-3H3,(H,15,19)(H,17,18)/t12-/m1/s1. The van der Waals surface area contributed by atoms with Crippen LogP contribution in [0.15, 0.2) is 24.3 Å². The van der Waals surface area contributed by atoms with Gasteiger partial charge >= 0.3 is 12.0 Å². The molecule has 1 atom stereocenters. The molecule has 1 rings (SSSR count). The Balaban J connectivity index is 2.63. The second-order valence-electron chi connectivity index (χ2n) is 4.53. The lowest BCUT2D eigenvalue weighted by molar-refractivity contribution is -0.139. The molecule has 0 aliphatic rings. The van der Waals surface area contributed by atoms with Crippen molar-refractivity contribution in [3.8, 4) is 0 Å². The molecule has 0 bridgehead atoms. The van der Waals surface area contributed by atoms with Crippen molar-refractivity contribution in [2.24, 2.45) is 0 Å². The molecule has 0 fully saturated rings. The highest BCUT2D eigenvalue weighted by Crippen LogP contribution is 2.09. The summed E-state index contributed by atoms with van der Waals surface area (Å²) in [4.78, 5) is 24.2. The monoisotopic (exact) mass is 264 g/mol. The van der Waals surface area contributed by atoms with E-state index >= 15 is 0 Å². The molecule has 0 heterocycles. The van der Waals surface area contributed by atoms with E-state index in [4.69, 9.17) is 5.11 Å². The Kier molecular flexibility index (Phi) is 5.36. The van der Waals surface area contributed by atoms with Crippen molar-refractivity contribution >= 4 is 12.0 Å². The Hall–Kier alpha value is -2.04. The Morgan fingerprint density at radius 3 is 2.53 bits per heavy atom. The molecule has 19 heavy (non-hydrogen) atoms. The van der Waals surface area contributed by atoms with Crippen molar-refractivity contribution in [3.63, 3.8) is 0 Å². The highest BCUT2D eigenvalue weighted by molar-refractivity contribution is 5.82. The molecule has 0 saturated heterocycles. The summed E-state index contributed by atoms with van der Waals surface area (Å²) in [5, 5.41) is 11.4. The van der Waals surface area contributed by atoms with E-state index in [9.17, 15) is 9.59 Å². The zero-order valence-corrected chi connectivity index (χ0v) is 11.5. The lowest BCUT2D eigenvalue weighted by Crippen LogP contribution is -2.46. The maximum atomic E-state index is 11.9. The Morgan fingerprint density at radius 2 is 2.00 bits per heavy atom. The summed E-state index contributed by atoms with van der Waals surface area (Å²) in [6.07, 6.45) is 0.360. The van der Waals surface area contributed by atoms with Gasteiger partial charge in [-0.05, 0) is 24.5 Å². The third-order valence-corrected chi connectivity index (χ3v) is 3.02. The van der Waals surface area contributed by atoms with Crippen LogP contribution in [0, 0.1) is 6.92 Å². The van der Waals surface area contributed by atoms with Crippen LogP contribution in [0.2, 0.25) is 0 Å². The smallest absolute Gasteiger partial charge is 0.326 e. The summed E-state index contributed by atoms with van der Waals surface area (Å²) in [5.41, 5.74) is 2.15. The average Bonchev–Trinajstić information content (AvgIpc) is 2.37. The minimum Gasteiger partial charge on any atom is -0.480 e. The molecule has 5 heteroatoms. The number of aryl methyl sites for hydroxylation is 1. The quantitative estimate of drug-likeness (QED) is 0.854. The molecule has 104 valence electrons. The fourth-order valence-corrected chi connectivity index (χ4v) is 1.71. The number of carboxylic acid groups (broad SMARTS) is 1. The van der Waals surface area contributed by atoms with Crippen molar-refractivity contribution in [2.75, 3.05) is 7.05 Å². The van der Waals surface area contributed by atoms with Gasteiger partial charge < -0.3 is 15.3 Å². The van der Waals surface area contributed by atoms with Crippen molar-refractivity contribution in [2.45, 2.75) is 32.9 Å². The van der Waals surface area contributed by atoms with Gasteiger partial charge in [0.2, 0.25) is 0 Å². The van der Waals surface area contributed by atoms with E-state index in [1.54, 1.807) is 14.0 Å². The van der Waals surface area contributed by atoms with Crippen LogP contribution in [0.25, 0.3) is 0 Å². The first-order valence-corrected chi connectivity index (χ1v) is 6.24. The normalized spacial score (nSPS) is 11.7. The van der Waals surface area contributed by atoms with Gasteiger partial charge in [-0.25, -0.2) is 9.59 Å². The highest BCUT2D eigenvalue weighted by Gasteiger charge is 2.19. The summed E-state index contributed by atoms with van der Waals surface area (Å²) < 4.78 is 0. The molecule has 1 aromatic carbocycles. The molecule has 1 aromatic rings. The molecule has 0 unspecified atom stereocenters. The lowest BCUT2D eigenvalue weighted by Gasteiger charge is -2.21. The Bertz CT molecular complexity index is 460.